The van der Waals surface area contributed by atoms with Crippen molar-refractivity contribution in [2.24, 2.45) is 0 Å². The zero-order valence-corrected chi connectivity index (χ0v) is 51.0. The van der Waals surface area contributed by atoms with E-state index in [1.165, 1.54) is 238 Å². The average Bonchev–Trinajstić information content (AvgIpc) is 3.42. The third kappa shape index (κ3) is 62.2. The zero-order valence-electron chi connectivity index (χ0n) is 51.0. The summed E-state index contributed by atoms with van der Waals surface area (Å²) in [6.45, 7) is 6.56. The van der Waals surface area contributed by atoms with Gasteiger partial charge in [-0.3, -0.25) is 14.4 Å². The molecule has 0 heterocycles. The Bertz CT molecular complexity index is 1310. The minimum absolute atomic E-state index is 0.0661. The smallest absolute Gasteiger partial charge is 0.306 e. The minimum atomic E-state index is -0.766. The summed E-state index contributed by atoms with van der Waals surface area (Å²) in [7, 11) is 0. The molecule has 0 N–H and O–H groups in total. The molecule has 0 radical (unpaired) electrons. The number of carbonyl (C=O) groups is 3. The number of hydrogen-bond acceptors (Lipinski definition) is 6. The molecule has 0 aliphatic rings. The first-order valence-corrected chi connectivity index (χ1v) is 33.6. The number of hydrogen-bond donors (Lipinski definition) is 0. The molecule has 1 atom stereocenters. The fourth-order valence-electron chi connectivity index (χ4n) is 10.1. The largest absolute Gasteiger partial charge is 0.462 e. The molecule has 0 aliphatic carbocycles. The topological polar surface area (TPSA) is 78.9 Å². The average molecular weight is 1070 g/mol. The van der Waals surface area contributed by atoms with Crippen LogP contribution >= 0.6 is 0 Å². The van der Waals surface area contributed by atoms with Gasteiger partial charge in [-0.15, -0.1) is 0 Å². The van der Waals surface area contributed by atoms with Gasteiger partial charge in [0.1, 0.15) is 13.2 Å². The monoisotopic (exact) mass is 1060 g/mol. The molecule has 0 amide bonds. The second-order valence-electron chi connectivity index (χ2n) is 22.7. The van der Waals surface area contributed by atoms with E-state index in [0.717, 1.165) is 83.5 Å². The van der Waals surface area contributed by atoms with E-state index < -0.39 is 6.10 Å². The predicted octanol–water partition coefficient (Wildman–Crippen LogP) is 22.9. The first-order valence-electron chi connectivity index (χ1n) is 33.6. The van der Waals surface area contributed by atoms with E-state index in [9.17, 15) is 14.4 Å². The van der Waals surface area contributed by atoms with Crippen LogP contribution in [0.2, 0.25) is 0 Å². The van der Waals surface area contributed by atoms with Crippen LogP contribution in [0.4, 0.5) is 0 Å². The van der Waals surface area contributed by atoms with E-state index in [1.807, 2.05) is 0 Å². The molecule has 76 heavy (non-hydrogen) atoms. The van der Waals surface area contributed by atoms with Crippen LogP contribution in [-0.2, 0) is 28.6 Å². The Kier molecular flexibility index (Phi) is 62.6. The van der Waals surface area contributed by atoms with Crippen molar-refractivity contribution in [3.05, 3.63) is 48.6 Å². The van der Waals surface area contributed by atoms with Crippen LogP contribution in [0.25, 0.3) is 0 Å². The SMILES string of the molecule is CC/C=C\C/C=C\C/C=C\C/C=C\CCCCCCCCCCCCCCCCCCCCC(=O)OCC(COC(=O)CCCCCCCCCC)OC(=O)CCCCCCCCCCCCCCCCCCCCC. The van der Waals surface area contributed by atoms with Crippen molar-refractivity contribution < 1.29 is 28.6 Å². The molecule has 0 rings (SSSR count). The molecule has 0 fully saturated rings. The summed E-state index contributed by atoms with van der Waals surface area (Å²) in [5, 5.41) is 0. The Morgan fingerprint density at radius 1 is 0.276 bits per heavy atom. The van der Waals surface area contributed by atoms with Crippen molar-refractivity contribution in [2.45, 2.75) is 367 Å². The molecule has 6 heteroatoms. The van der Waals surface area contributed by atoms with Crippen LogP contribution < -0.4 is 0 Å². The van der Waals surface area contributed by atoms with Crippen LogP contribution in [0.5, 0.6) is 0 Å². The molecule has 0 spiro atoms. The lowest BCUT2D eigenvalue weighted by molar-refractivity contribution is -0.167. The van der Waals surface area contributed by atoms with Crippen LogP contribution in [0, 0.1) is 0 Å². The fraction of sp³-hybridized carbons (Fsp3) is 0.843. The Morgan fingerprint density at radius 3 is 0.803 bits per heavy atom. The Labute approximate surface area is 473 Å². The van der Waals surface area contributed by atoms with Crippen LogP contribution in [0.1, 0.15) is 361 Å². The number of rotatable bonds is 62. The third-order valence-electron chi connectivity index (χ3n) is 15.1. The van der Waals surface area contributed by atoms with Crippen LogP contribution in [0.3, 0.4) is 0 Å². The van der Waals surface area contributed by atoms with E-state index in [1.54, 1.807) is 0 Å². The molecule has 6 nitrogen and oxygen atoms in total. The fourth-order valence-corrected chi connectivity index (χ4v) is 10.1. The maximum absolute atomic E-state index is 12.9. The van der Waals surface area contributed by atoms with Crippen molar-refractivity contribution >= 4 is 17.9 Å². The standard InChI is InChI=1S/C70H128O6/c1-4-7-10-13-16-19-21-23-25-27-29-30-31-32-33-34-35-36-37-38-39-40-42-43-45-47-49-51-54-57-60-63-69(72)75-66-67(65-74-68(71)62-59-56-53-18-15-12-9-6-3)76-70(73)64-61-58-55-52-50-48-46-44-41-28-26-24-22-20-17-14-11-8-5-2/h7,10,16,19,23,25,29-30,67H,4-6,8-9,11-15,17-18,20-22,24,26-28,31-66H2,1-3H3/b10-7-,19-16-,25-23-,30-29-. The maximum atomic E-state index is 12.9. The highest BCUT2D eigenvalue weighted by Crippen LogP contribution is 2.18. The van der Waals surface area contributed by atoms with Crippen molar-refractivity contribution in [2.75, 3.05) is 13.2 Å². The van der Waals surface area contributed by atoms with Gasteiger partial charge in [0.25, 0.3) is 0 Å². The van der Waals surface area contributed by atoms with Crippen molar-refractivity contribution in [1.29, 1.82) is 0 Å². The number of unbranched alkanes of at least 4 members (excludes halogenated alkanes) is 43. The van der Waals surface area contributed by atoms with E-state index >= 15 is 0 Å². The van der Waals surface area contributed by atoms with Gasteiger partial charge < -0.3 is 14.2 Å². The molecule has 0 aromatic heterocycles. The molecule has 0 saturated heterocycles. The van der Waals surface area contributed by atoms with Gasteiger partial charge in [-0.2, -0.15) is 0 Å². The zero-order chi connectivity index (χ0) is 55.0. The lowest BCUT2D eigenvalue weighted by Crippen LogP contribution is -2.30. The summed E-state index contributed by atoms with van der Waals surface area (Å²) >= 11 is 0. The van der Waals surface area contributed by atoms with Gasteiger partial charge in [0.2, 0.25) is 0 Å². The molecule has 0 aliphatic heterocycles. The van der Waals surface area contributed by atoms with Crippen molar-refractivity contribution in [1.82, 2.24) is 0 Å². The Balaban J connectivity index is 4.04. The highest BCUT2D eigenvalue weighted by Gasteiger charge is 2.19. The van der Waals surface area contributed by atoms with Crippen LogP contribution in [-0.4, -0.2) is 37.2 Å². The second kappa shape index (κ2) is 64.9. The lowest BCUT2D eigenvalue weighted by Gasteiger charge is -2.18. The summed E-state index contributed by atoms with van der Waals surface area (Å²) < 4.78 is 16.9. The highest BCUT2D eigenvalue weighted by atomic mass is 16.6. The molecular weight excluding hydrogens is 937 g/mol. The normalized spacial score (nSPS) is 12.3. The van der Waals surface area contributed by atoms with Gasteiger partial charge in [-0.1, -0.05) is 333 Å². The number of carbonyl (C=O) groups excluding carboxylic acids is 3. The lowest BCUT2D eigenvalue weighted by atomic mass is 10.0. The molecule has 444 valence electrons. The van der Waals surface area contributed by atoms with Crippen molar-refractivity contribution in [3.8, 4) is 0 Å². The number of ether oxygens (including phenoxy) is 3. The third-order valence-corrected chi connectivity index (χ3v) is 15.1. The molecular formula is C70H128O6. The number of esters is 3. The molecule has 0 aromatic carbocycles. The number of allylic oxidation sites excluding steroid dienone is 8. The Hall–Kier alpha value is -2.63. The van der Waals surface area contributed by atoms with Gasteiger partial charge in [0, 0.05) is 19.3 Å². The maximum Gasteiger partial charge on any atom is 0.306 e. The molecule has 0 aromatic rings. The summed E-state index contributed by atoms with van der Waals surface area (Å²) in [6, 6.07) is 0. The van der Waals surface area contributed by atoms with E-state index in [4.69, 9.17) is 14.2 Å². The van der Waals surface area contributed by atoms with E-state index in [2.05, 4.69) is 69.4 Å². The quantitative estimate of drug-likeness (QED) is 0.0261. The summed E-state index contributed by atoms with van der Waals surface area (Å²) in [4.78, 5) is 38.2. The van der Waals surface area contributed by atoms with Gasteiger partial charge in [0.15, 0.2) is 6.10 Å². The summed E-state index contributed by atoms with van der Waals surface area (Å²) in [5.74, 6) is -0.845. The minimum Gasteiger partial charge on any atom is -0.462 e. The summed E-state index contributed by atoms with van der Waals surface area (Å²) in [6.07, 6.45) is 81.6. The Morgan fingerprint density at radius 2 is 0.513 bits per heavy atom. The van der Waals surface area contributed by atoms with Gasteiger partial charge in [-0.05, 0) is 57.8 Å². The summed E-state index contributed by atoms with van der Waals surface area (Å²) in [5.41, 5.74) is 0. The molecule has 0 bridgehead atoms. The second-order valence-corrected chi connectivity index (χ2v) is 22.7. The van der Waals surface area contributed by atoms with E-state index in [0.29, 0.717) is 19.3 Å². The first-order chi connectivity index (χ1) is 37.5. The van der Waals surface area contributed by atoms with Gasteiger partial charge in [0.05, 0.1) is 0 Å². The van der Waals surface area contributed by atoms with Gasteiger partial charge in [-0.25, -0.2) is 0 Å². The predicted molar refractivity (Wildman–Crippen MR) is 330 cm³/mol. The molecule has 0 saturated carbocycles. The van der Waals surface area contributed by atoms with Crippen LogP contribution in [0.15, 0.2) is 48.6 Å². The first kappa shape index (κ1) is 73.4. The molecule has 1 unspecified atom stereocenters. The van der Waals surface area contributed by atoms with E-state index in [-0.39, 0.29) is 31.1 Å². The van der Waals surface area contributed by atoms with Gasteiger partial charge >= 0.3 is 17.9 Å². The highest BCUT2D eigenvalue weighted by molar-refractivity contribution is 5.71. The van der Waals surface area contributed by atoms with Crippen molar-refractivity contribution in [3.63, 3.8) is 0 Å².